The van der Waals surface area contributed by atoms with Gasteiger partial charge < -0.3 is 14.6 Å². The molecule has 1 N–H and O–H groups in total. The molecular weight excluding hydrogens is 408 g/mol. The maximum absolute atomic E-state index is 12.2. The van der Waals surface area contributed by atoms with Gasteiger partial charge >= 0.3 is 0 Å². The third-order valence-electron chi connectivity index (χ3n) is 4.79. The molecule has 0 aliphatic heterocycles. The number of methoxy groups -OCH3 is 1. The van der Waals surface area contributed by atoms with Crippen molar-refractivity contribution in [2.45, 2.75) is 37.5 Å². The fourth-order valence-electron chi connectivity index (χ4n) is 3.14. The molecule has 0 aliphatic carbocycles. The number of thioether (sulfide) groups is 1. The molecule has 7 heteroatoms. The van der Waals surface area contributed by atoms with E-state index in [9.17, 15) is 4.79 Å². The summed E-state index contributed by atoms with van der Waals surface area (Å²) < 4.78 is 7.24. The number of aryl methyl sites for hydroxylation is 2. The van der Waals surface area contributed by atoms with Crippen LogP contribution in [0, 0.1) is 0 Å². The normalized spacial score (nSPS) is 10.6. The molecule has 0 aliphatic rings. The minimum Gasteiger partial charge on any atom is -0.497 e. The molecule has 0 spiro atoms. The van der Waals surface area contributed by atoms with Crippen molar-refractivity contribution < 1.29 is 9.53 Å². The number of carbonyl (C=O) groups is 1. The Balaban J connectivity index is 1.50. The van der Waals surface area contributed by atoms with Gasteiger partial charge in [-0.2, -0.15) is 0 Å². The predicted octanol–water partition coefficient (Wildman–Crippen LogP) is 4.06. The Morgan fingerprint density at radius 2 is 1.87 bits per heavy atom. The summed E-state index contributed by atoms with van der Waals surface area (Å²) in [4.78, 5) is 12.2. The fourth-order valence-corrected chi connectivity index (χ4v) is 3.94. The van der Waals surface area contributed by atoms with Gasteiger partial charge in [0.25, 0.3) is 0 Å². The number of hydrogen-bond donors (Lipinski definition) is 1. The molecular formula is C24H28N4O2S. The zero-order valence-electron chi connectivity index (χ0n) is 17.8. The third-order valence-corrected chi connectivity index (χ3v) is 5.76. The van der Waals surface area contributed by atoms with Crippen molar-refractivity contribution in [2.75, 3.05) is 12.9 Å². The molecule has 0 bridgehead atoms. The van der Waals surface area contributed by atoms with Crippen molar-refractivity contribution in [3.8, 4) is 5.75 Å². The molecule has 1 aromatic heterocycles. The second-order valence-electron chi connectivity index (χ2n) is 7.05. The van der Waals surface area contributed by atoms with Crippen LogP contribution in [0.2, 0.25) is 0 Å². The minimum atomic E-state index is -0.0249. The lowest BCUT2D eigenvalue weighted by atomic mass is 10.1. The summed E-state index contributed by atoms with van der Waals surface area (Å²) in [7, 11) is 1.67. The number of allylic oxidation sites excluding steroid dienone is 1. The number of nitrogens with one attached hydrogen (secondary N) is 1. The van der Waals surface area contributed by atoms with E-state index >= 15 is 0 Å². The molecule has 0 saturated heterocycles. The van der Waals surface area contributed by atoms with Gasteiger partial charge in [-0.3, -0.25) is 4.79 Å². The molecule has 0 atom stereocenters. The Morgan fingerprint density at radius 1 is 1.10 bits per heavy atom. The van der Waals surface area contributed by atoms with Crippen molar-refractivity contribution in [3.63, 3.8) is 0 Å². The maximum atomic E-state index is 12.2. The molecule has 1 amide bonds. The van der Waals surface area contributed by atoms with E-state index in [4.69, 9.17) is 4.74 Å². The van der Waals surface area contributed by atoms with Crippen LogP contribution in [0.25, 0.3) is 0 Å². The summed E-state index contributed by atoms with van der Waals surface area (Å²) in [6.07, 6.45) is 4.56. The maximum Gasteiger partial charge on any atom is 0.230 e. The largest absolute Gasteiger partial charge is 0.497 e. The molecule has 3 aromatic rings. The molecule has 0 unspecified atom stereocenters. The quantitative estimate of drug-likeness (QED) is 0.343. The lowest BCUT2D eigenvalue weighted by molar-refractivity contribution is -0.118. The van der Waals surface area contributed by atoms with E-state index in [1.54, 1.807) is 7.11 Å². The number of nitrogens with zero attached hydrogens (tertiary/aromatic N) is 3. The smallest absolute Gasteiger partial charge is 0.230 e. The Morgan fingerprint density at radius 3 is 2.58 bits per heavy atom. The Hall–Kier alpha value is -3.06. The van der Waals surface area contributed by atoms with Crippen LogP contribution >= 0.6 is 11.8 Å². The van der Waals surface area contributed by atoms with Crippen LogP contribution in [0.4, 0.5) is 0 Å². The fraction of sp³-hybridized carbons (Fsp3) is 0.292. The SMILES string of the molecule is C=CCn1c(CCCc2ccc(OC)cc2)nnc1SCC(=O)NCc1ccccc1. The highest BCUT2D eigenvalue weighted by molar-refractivity contribution is 7.99. The average Bonchev–Trinajstić information content (AvgIpc) is 3.19. The molecule has 1 heterocycles. The highest BCUT2D eigenvalue weighted by atomic mass is 32.2. The molecule has 162 valence electrons. The number of amides is 1. The average molecular weight is 437 g/mol. The predicted molar refractivity (Wildman–Crippen MR) is 124 cm³/mol. The third kappa shape index (κ3) is 7.00. The summed E-state index contributed by atoms with van der Waals surface area (Å²) >= 11 is 1.40. The van der Waals surface area contributed by atoms with Crippen molar-refractivity contribution in [1.29, 1.82) is 0 Å². The van der Waals surface area contributed by atoms with Gasteiger partial charge in [-0.05, 0) is 36.1 Å². The number of carbonyl (C=O) groups excluding carboxylic acids is 1. The summed E-state index contributed by atoms with van der Waals surface area (Å²) in [6.45, 7) is 4.99. The lowest BCUT2D eigenvalue weighted by Gasteiger charge is -2.08. The number of ether oxygens (including phenoxy) is 1. The first-order valence-corrected chi connectivity index (χ1v) is 11.3. The van der Waals surface area contributed by atoms with E-state index in [-0.39, 0.29) is 5.91 Å². The topological polar surface area (TPSA) is 69.0 Å². The van der Waals surface area contributed by atoms with Crippen molar-refractivity contribution in [1.82, 2.24) is 20.1 Å². The standard InChI is InChI=1S/C24H28N4O2S/c1-3-16-28-22(11-7-10-19-12-14-21(30-2)15-13-19)26-27-24(28)31-18-23(29)25-17-20-8-5-4-6-9-20/h3-6,8-9,12-15H,1,7,10-11,16-18H2,2H3,(H,25,29). The molecule has 3 rings (SSSR count). The van der Waals surface area contributed by atoms with Crippen LogP contribution in [0.5, 0.6) is 5.75 Å². The first-order chi connectivity index (χ1) is 15.2. The van der Waals surface area contributed by atoms with Crippen molar-refractivity contribution in [2.24, 2.45) is 0 Å². The summed E-state index contributed by atoms with van der Waals surface area (Å²) in [5.74, 6) is 2.06. The van der Waals surface area contributed by atoms with E-state index in [1.807, 2.05) is 53.1 Å². The first kappa shape index (κ1) is 22.6. The van der Waals surface area contributed by atoms with Crippen LogP contribution in [-0.4, -0.2) is 33.5 Å². The second kappa shape index (κ2) is 12.0. The highest BCUT2D eigenvalue weighted by Crippen LogP contribution is 2.19. The van der Waals surface area contributed by atoms with Gasteiger partial charge in [0.15, 0.2) is 5.16 Å². The van der Waals surface area contributed by atoms with E-state index in [1.165, 1.54) is 17.3 Å². The van der Waals surface area contributed by atoms with Crippen LogP contribution in [0.3, 0.4) is 0 Å². The van der Waals surface area contributed by atoms with E-state index in [0.29, 0.717) is 18.8 Å². The summed E-state index contributed by atoms with van der Waals surface area (Å²) in [5.41, 5.74) is 2.34. The molecule has 2 aromatic carbocycles. The van der Waals surface area contributed by atoms with Crippen LogP contribution < -0.4 is 10.1 Å². The van der Waals surface area contributed by atoms with Gasteiger partial charge in [0.05, 0.1) is 12.9 Å². The summed E-state index contributed by atoms with van der Waals surface area (Å²) in [6, 6.07) is 18.0. The zero-order valence-corrected chi connectivity index (χ0v) is 18.6. The Labute approximate surface area is 187 Å². The first-order valence-electron chi connectivity index (χ1n) is 10.3. The van der Waals surface area contributed by atoms with Gasteiger partial charge in [-0.15, -0.1) is 16.8 Å². The minimum absolute atomic E-state index is 0.0249. The second-order valence-corrected chi connectivity index (χ2v) is 7.99. The van der Waals surface area contributed by atoms with Crippen molar-refractivity contribution >= 4 is 17.7 Å². The van der Waals surface area contributed by atoms with Gasteiger partial charge in [-0.1, -0.05) is 60.3 Å². The number of aromatic nitrogens is 3. The lowest BCUT2D eigenvalue weighted by Crippen LogP contribution is -2.24. The molecule has 6 nitrogen and oxygen atoms in total. The number of hydrogen-bond acceptors (Lipinski definition) is 5. The molecule has 0 radical (unpaired) electrons. The van der Waals surface area contributed by atoms with Crippen LogP contribution in [-0.2, 0) is 30.7 Å². The Bertz CT molecular complexity index is 971. The van der Waals surface area contributed by atoms with Gasteiger partial charge in [-0.25, -0.2) is 0 Å². The Kier molecular flexibility index (Phi) is 8.72. The molecule has 0 saturated carbocycles. The van der Waals surface area contributed by atoms with Crippen LogP contribution in [0.15, 0.2) is 72.4 Å². The van der Waals surface area contributed by atoms with Gasteiger partial charge in [0.1, 0.15) is 11.6 Å². The van der Waals surface area contributed by atoms with Crippen molar-refractivity contribution in [3.05, 3.63) is 84.2 Å². The monoisotopic (exact) mass is 436 g/mol. The summed E-state index contributed by atoms with van der Waals surface area (Å²) in [5, 5.41) is 12.3. The van der Waals surface area contributed by atoms with E-state index in [0.717, 1.165) is 41.6 Å². The van der Waals surface area contributed by atoms with Gasteiger partial charge in [0, 0.05) is 19.5 Å². The zero-order chi connectivity index (χ0) is 21.9. The van der Waals surface area contributed by atoms with Crippen LogP contribution in [0.1, 0.15) is 23.4 Å². The van der Waals surface area contributed by atoms with E-state index < -0.39 is 0 Å². The van der Waals surface area contributed by atoms with Gasteiger partial charge in [0.2, 0.25) is 5.91 Å². The molecule has 0 fully saturated rings. The number of rotatable bonds is 12. The number of benzene rings is 2. The van der Waals surface area contributed by atoms with E-state index in [2.05, 4.69) is 34.2 Å². The molecule has 31 heavy (non-hydrogen) atoms. The highest BCUT2D eigenvalue weighted by Gasteiger charge is 2.13.